The Hall–Kier alpha value is -3.21. The minimum atomic E-state index is -0.590. The lowest BCUT2D eigenvalue weighted by Gasteiger charge is -2.37. The van der Waals surface area contributed by atoms with Gasteiger partial charge in [0.25, 0.3) is 0 Å². The molecular weight excluding hydrogens is 378 g/mol. The topological polar surface area (TPSA) is 63.7 Å². The number of hydrogen-bond donors (Lipinski definition) is 0. The van der Waals surface area contributed by atoms with Crippen molar-refractivity contribution in [3.63, 3.8) is 0 Å². The molecule has 0 radical (unpaired) electrons. The highest BCUT2D eigenvalue weighted by Crippen LogP contribution is 2.65. The summed E-state index contributed by atoms with van der Waals surface area (Å²) in [4.78, 5) is 39.5. The van der Waals surface area contributed by atoms with Crippen LogP contribution in [0.3, 0.4) is 0 Å². The zero-order chi connectivity index (χ0) is 20.4. The van der Waals surface area contributed by atoms with Gasteiger partial charge in [0.05, 0.1) is 11.8 Å². The van der Waals surface area contributed by atoms with E-state index in [1.54, 1.807) is 12.1 Å². The van der Waals surface area contributed by atoms with Crippen LogP contribution in [0.1, 0.15) is 6.42 Å². The Kier molecular flexibility index (Phi) is 3.76. The minimum Gasteiger partial charge on any atom is -0.425 e. The number of benzene rings is 2. The average molecular weight is 399 g/mol. The number of nitrogens with zero attached hydrogens (tertiary/aromatic N) is 1. The molecule has 2 saturated carbocycles. The van der Waals surface area contributed by atoms with Gasteiger partial charge < -0.3 is 4.74 Å². The lowest BCUT2D eigenvalue weighted by molar-refractivity contribution is -0.148. The summed E-state index contributed by atoms with van der Waals surface area (Å²) in [6.07, 6.45) is 5.37. The molecule has 2 aromatic rings. The van der Waals surface area contributed by atoms with E-state index in [1.807, 2.05) is 42.5 Å². The summed E-state index contributed by atoms with van der Waals surface area (Å²) in [7, 11) is 0. The number of likely N-dealkylation sites (tertiary alicyclic amines) is 1. The predicted octanol–water partition coefficient (Wildman–Crippen LogP) is 3.31. The van der Waals surface area contributed by atoms with Gasteiger partial charge in [-0.15, -0.1) is 0 Å². The summed E-state index contributed by atoms with van der Waals surface area (Å²) in [5, 5.41) is 0. The van der Waals surface area contributed by atoms with E-state index in [-0.39, 0.29) is 42.0 Å². The lowest BCUT2D eigenvalue weighted by Crippen LogP contribution is -2.40. The van der Waals surface area contributed by atoms with Gasteiger partial charge in [0.1, 0.15) is 12.3 Å². The summed E-state index contributed by atoms with van der Waals surface area (Å²) in [5.41, 5.74) is 2.10. The van der Waals surface area contributed by atoms with Gasteiger partial charge in [-0.25, -0.2) is 4.79 Å². The van der Waals surface area contributed by atoms with E-state index >= 15 is 0 Å². The van der Waals surface area contributed by atoms with Gasteiger partial charge in [0.2, 0.25) is 11.8 Å². The van der Waals surface area contributed by atoms with Crippen molar-refractivity contribution >= 4 is 17.8 Å². The zero-order valence-corrected chi connectivity index (χ0v) is 16.3. The molecule has 1 saturated heterocycles. The monoisotopic (exact) mass is 399 g/mol. The van der Waals surface area contributed by atoms with E-state index in [0.717, 1.165) is 22.4 Å². The Morgan fingerprint density at radius 3 is 2.00 bits per heavy atom. The molecule has 5 heteroatoms. The highest BCUT2D eigenvalue weighted by molar-refractivity contribution is 6.08. The normalized spacial score (nSPS) is 32.7. The quantitative estimate of drug-likeness (QED) is 0.342. The third kappa shape index (κ3) is 2.58. The highest BCUT2D eigenvalue weighted by Gasteiger charge is 2.67. The predicted molar refractivity (Wildman–Crippen MR) is 109 cm³/mol. The Bertz CT molecular complexity index is 1040. The number of hydrogen-bond acceptors (Lipinski definition) is 4. The largest absolute Gasteiger partial charge is 0.425 e. The van der Waals surface area contributed by atoms with Gasteiger partial charge in [-0.1, -0.05) is 54.6 Å². The summed E-state index contributed by atoms with van der Waals surface area (Å²) in [6.45, 7) is -0.320. The standard InChI is InChI=1S/C25H21NO4/c27-21(30-16-8-6-15(7-9-16)14-4-2-1-3-5-14)13-26-24(28)22-17-10-11-18(20-12-19(17)20)23(22)25(26)29/h1-11,17-20,22-23H,12-13H2/t17-,18+,19+,20-,22+,23-. The smallest absolute Gasteiger partial charge is 0.331 e. The van der Waals surface area contributed by atoms with Crippen molar-refractivity contribution in [1.29, 1.82) is 0 Å². The van der Waals surface area contributed by atoms with Crippen molar-refractivity contribution in [3.8, 4) is 16.9 Å². The Labute approximate surface area is 174 Å². The van der Waals surface area contributed by atoms with Crippen LogP contribution >= 0.6 is 0 Å². The summed E-state index contributed by atoms with van der Waals surface area (Å²) in [6, 6.07) is 17.1. The second kappa shape index (κ2) is 6.39. The number of amides is 2. The number of rotatable bonds is 4. The Morgan fingerprint density at radius 1 is 0.833 bits per heavy atom. The van der Waals surface area contributed by atoms with Crippen LogP contribution in [-0.4, -0.2) is 29.2 Å². The molecular formula is C25H21NO4. The van der Waals surface area contributed by atoms with Crippen molar-refractivity contribution in [2.24, 2.45) is 35.5 Å². The van der Waals surface area contributed by atoms with E-state index in [2.05, 4.69) is 12.2 Å². The van der Waals surface area contributed by atoms with Crippen molar-refractivity contribution in [3.05, 3.63) is 66.7 Å². The fourth-order valence-electron chi connectivity index (χ4n) is 5.81. The maximum Gasteiger partial charge on any atom is 0.331 e. The molecule has 150 valence electrons. The van der Waals surface area contributed by atoms with Crippen LogP contribution in [0.2, 0.25) is 0 Å². The third-order valence-corrected chi connectivity index (χ3v) is 7.23. The van der Waals surface area contributed by atoms with E-state index < -0.39 is 5.97 Å². The lowest BCUT2D eigenvalue weighted by atomic mass is 9.63. The van der Waals surface area contributed by atoms with E-state index in [4.69, 9.17) is 4.74 Å². The molecule has 5 nitrogen and oxygen atoms in total. The maximum absolute atomic E-state index is 13.0. The molecule has 1 heterocycles. The van der Waals surface area contributed by atoms with Crippen molar-refractivity contribution in [1.82, 2.24) is 4.90 Å². The number of imide groups is 1. The van der Waals surface area contributed by atoms with Crippen LogP contribution in [0.5, 0.6) is 5.75 Å². The van der Waals surface area contributed by atoms with E-state index in [1.165, 1.54) is 0 Å². The number of allylic oxidation sites excluding steroid dienone is 2. The van der Waals surface area contributed by atoms with Crippen LogP contribution < -0.4 is 4.74 Å². The van der Waals surface area contributed by atoms with Crippen molar-refractivity contribution in [2.45, 2.75) is 6.42 Å². The molecule has 6 atom stereocenters. The first-order valence-electron chi connectivity index (χ1n) is 10.5. The van der Waals surface area contributed by atoms with Crippen LogP contribution in [0.4, 0.5) is 0 Å². The Balaban J connectivity index is 1.14. The molecule has 2 bridgehead atoms. The molecule has 5 aliphatic rings. The average Bonchev–Trinajstić information content (AvgIpc) is 3.56. The number of esters is 1. The molecule has 0 aromatic heterocycles. The molecule has 4 aliphatic carbocycles. The van der Waals surface area contributed by atoms with Gasteiger partial charge in [0, 0.05) is 0 Å². The second-order valence-electron chi connectivity index (χ2n) is 8.78. The first-order valence-corrected chi connectivity index (χ1v) is 10.5. The first-order chi connectivity index (χ1) is 14.6. The summed E-state index contributed by atoms with van der Waals surface area (Å²) in [5.74, 6) is 0.259. The Morgan fingerprint density at radius 2 is 1.40 bits per heavy atom. The van der Waals surface area contributed by atoms with E-state index in [9.17, 15) is 14.4 Å². The van der Waals surface area contributed by atoms with E-state index in [0.29, 0.717) is 17.6 Å². The molecule has 30 heavy (non-hydrogen) atoms. The van der Waals surface area contributed by atoms with Gasteiger partial charge in [0.15, 0.2) is 0 Å². The van der Waals surface area contributed by atoms with Gasteiger partial charge >= 0.3 is 5.97 Å². The maximum atomic E-state index is 13.0. The molecule has 2 aromatic carbocycles. The van der Waals surface area contributed by atoms with Crippen LogP contribution in [0, 0.1) is 35.5 Å². The third-order valence-electron chi connectivity index (χ3n) is 7.23. The fraction of sp³-hybridized carbons (Fsp3) is 0.320. The summed E-state index contributed by atoms with van der Waals surface area (Å²) < 4.78 is 5.42. The van der Waals surface area contributed by atoms with Crippen molar-refractivity contribution < 1.29 is 19.1 Å². The van der Waals surface area contributed by atoms with Crippen molar-refractivity contribution in [2.75, 3.05) is 6.54 Å². The number of carbonyl (C=O) groups excluding carboxylic acids is 3. The first kappa shape index (κ1) is 17.6. The minimum absolute atomic E-state index is 0.160. The fourth-order valence-corrected chi connectivity index (χ4v) is 5.81. The zero-order valence-electron chi connectivity index (χ0n) is 16.3. The molecule has 0 N–H and O–H groups in total. The molecule has 2 amide bonds. The van der Waals surface area contributed by atoms with Crippen LogP contribution in [0.15, 0.2) is 66.7 Å². The SMILES string of the molecule is O=C(CN1C(=O)[C@@H]2[C@H]3C=C[C@H]([C@@H]4C[C@H]34)[C@@H]2C1=O)Oc1ccc(-c2ccccc2)cc1. The highest BCUT2D eigenvalue weighted by atomic mass is 16.5. The molecule has 0 unspecified atom stereocenters. The second-order valence-corrected chi connectivity index (χ2v) is 8.78. The molecule has 7 rings (SSSR count). The van der Waals surface area contributed by atoms with Crippen LogP contribution in [0.25, 0.3) is 11.1 Å². The molecule has 3 fully saturated rings. The number of carbonyl (C=O) groups is 3. The number of ether oxygens (including phenoxy) is 1. The van der Waals surface area contributed by atoms with Gasteiger partial charge in [-0.05, 0) is 53.4 Å². The van der Waals surface area contributed by atoms with Gasteiger partial charge in [-0.3, -0.25) is 14.5 Å². The molecule has 1 aliphatic heterocycles. The van der Waals surface area contributed by atoms with Gasteiger partial charge in [-0.2, -0.15) is 0 Å². The van der Waals surface area contributed by atoms with Crippen LogP contribution in [-0.2, 0) is 14.4 Å². The molecule has 0 spiro atoms. The summed E-state index contributed by atoms with van der Waals surface area (Å²) >= 11 is 0.